The Bertz CT molecular complexity index is 557. The molecule has 2 aromatic rings. The van der Waals surface area contributed by atoms with Crippen LogP contribution in [0.4, 0.5) is 4.39 Å². The quantitative estimate of drug-likeness (QED) is 0.748. The van der Waals surface area contributed by atoms with Crippen LogP contribution in [0.25, 0.3) is 5.69 Å². The maximum Gasteiger partial charge on any atom is 0.271 e. The highest BCUT2D eigenvalue weighted by molar-refractivity contribution is 5.71. The molecular formula is C10H7FN2O2. The summed E-state index contributed by atoms with van der Waals surface area (Å²) >= 11 is 0. The molecule has 0 bridgehead atoms. The third-order valence-corrected chi connectivity index (χ3v) is 1.93. The third kappa shape index (κ3) is 1.71. The van der Waals surface area contributed by atoms with E-state index >= 15 is 0 Å². The van der Waals surface area contributed by atoms with E-state index in [2.05, 4.69) is 5.10 Å². The molecule has 5 heteroatoms. The summed E-state index contributed by atoms with van der Waals surface area (Å²) in [6.45, 7) is 0. The molecule has 0 aliphatic rings. The summed E-state index contributed by atoms with van der Waals surface area (Å²) in [7, 11) is 0. The molecule has 15 heavy (non-hydrogen) atoms. The monoisotopic (exact) mass is 206 g/mol. The first kappa shape index (κ1) is 9.39. The second-order valence-corrected chi connectivity index (χ2v) is 2.98. The van der Waals surface area contributed by atoms with Crippen LogP contribution in [0.2, 0.25) is 0 Å². The fourth-order valence-corrected chi connectivity index (χ4v) is 1.28. The van der Waals surface area contributed by atoms with Crippen LogP contribution in [0, 0.1) is 5.82 Å². The topological polar surface area (TPSA) is 54.9 Å². The SMILES string of the molecule is O=Cc1cc(=O)n(-c2cccc(F)c2)[nH]1. The number of aromatic amines is 1. The van der Waals surface area contributed by atoms with Crippen molar-refractivity contribution in [2.24, 2.45) is 0 Å². The van der Waals surface area contributed by atoms with Crippen molar-refractivity contribution < 1.29 is 9.18 Å². The second-order valence-electron chi connectivity index (χ2n) is 2.98. The highest BCUT2D eigenvalue weighted by Crippen LogP contribution is 2.06. The molecule has 1 N–H and O–H groups in total. The molecule has 76 valence electrons. The van der Waals surface area contributed by atoms with E-state index < -0.39 is 11.4 Å². The summed E-state index contributed by atoms with van der Waals surface area (Å²) in [6, 6.07) is 6.68. The Kier molecular flexibility index (Phi) is 2.21. The van der Waals surface area contributed by atoms with Gasteiger partial charge < -0.3 is 0 Å². The number of halogens is 1. The standard InChI is InChI=1S/C10H7FN2O2/c11-7-2-1-3-9(4-7)13-10(15)5-8(6-14)12-13/h1-6,12H. The average molecular weight is 206 g/mol. The molecule has 0 saturated carbocycles. The number of hydrogen-bond acceptors (Lipinski definition) is 2. The van der Waals surface area contributed by atoms with Crippen LogP contribution >= 0.6 is 0 Å². The fraction of sp³-hybridized carbons (Fsp3) is 0. The van der Waals surface area contributed by atoms with Gasteiger partial charge in [-0.2, -0.15) is 0 Å². The van der Waals surface area contributed by atoms with Gasteiger partial charge in [0, 0.05) is 6.07 Å². The lowest BCUT2D eigenvalue weighted by molar-refractivity contribution is 0.111. The first-order valence-electron chi connectivity index (χ1n) is 4.24. The molecular weight excluding hydrogens is 199 g/mol. The summed E-state index contributed by atoms with van der Waals surface area (Å²) < 4.78 is 14.0. The van der Waals surface area contributed by atoms with Gasteiger partial charge in [0.2, 0.25) is 0 Å². The Balaban J connectivity index is 2.58. The molecule has 4 nitrogen and oxygen atoms in total. The van der Waals surface area contributed by atoms with Crippen LogP contribution < -0.4 is 5.56 Å². The molecule has 1 heterocycles. The zero-order valence-electron chi connectivity index (χ0n) is 7.61. The Morgan fingerprint density at radius 3 is 2.73 bits per heavy atom. The normalized spacial score (nSPS) is 10.2. The second kappa shape index (κ2) is 3.53. The van der Waals surface area contributed by atoms with Crippen molar-refractivity contribution in [3.05, 3.63) is 52.2 Å². The van der Waals surface area contributed by atoms with E-state index in [0.717, 1.165) is 10.7 Å². The molecule has 0 amide bonds. The van der Waals surface area contributed by atoms with Crippen molar-refractivity contribution in [2.75, 3.05) is 0 Å². The zero-order chi connectivity index (χ0) is 10.8. The highest BCUT2D eigenvalue weighted by atomic mass is 19.1. The Labute approximate surface area is 83.9 Å². The molecule has 1 aromatic heterocycles. The molecule has 1 aromatic carbocycles. The lowest BCUT2D eigenvalue weighted by Gasteiger charge is -2.00. The molecule has 2 rings (SSSR count). The number of carbonyl (C=O) groups is 1. The van der Waals surface area contributed by atoms with Crippen LogP contribution in [0.15, 0.2) is 35.1 Å². The van der Waals surface area contributed by atoms with Gasteiger partial charge in [-0.05, 0) is 18.2 Å². The number of rotatable bonds is 2. The fourth-order valence-electron chi connectivity index (χ4n) is 1.28. The Morgan fingerprint density at radius 2 is 2.13 bits per heavy atom. The molecule has 0 atom stereocenters. The minimum Gasteiger partial charge on any atom is -0.296 e. The summed E-state index contributed by atoms with van der Waals surface area (Å²) in [6.07, 6.45) is 0.525. The van der Waals surface area contributed by atoms with Gasteiger partial charge in [-0.15, -0.1) is 0 Å². The highest BCUT2D eigenvalue weighted by Gasteiger charge is 2.04. The number of H-pyrrole nitrogens is 1. The summed E-state index contributed by atoms with van der Waals surface area (Å²) in [4.78, 5) is 21.8. The maximum absolute atomic E-state index is 12.9. The smallest absolute Gasteiger partial charge is 0.271 e. The minimum atomic E-state index is -0.443. The number of aromatic nitrogens is 2. The van der Waals surface area contributed by atoms with Gasteiger partial charge in [0.15, 0.2) is 6.29 Å². The number of nitrogens with one attached hydrogen (secondary N) is 1. The summed E-state index contributed by atoms with van der Waals surface area (Å²) in [5.74, 6) is -0.443. The number of nitrogens with zero attached hydrogens (tertiary/aromatic N) is 1. The van der Waals surface area contributed by atoms with Crippen molar-refractivity contribution in [3.63, 3.8) is 0 Å². The van der Waals surface area contributed by atoms with Crippen LogP contribution in [0.1, 0.15) is 10.5 Å². The van der Waals surface area contributed by atoms with E-state index in [1.807, 2.05) is 0 Å². The Morgan fingerprint density at radius 1 is 1.33 bits per heavy atom. The van der Waals surface area contributed by atoms with Crippen molar-refractivity contribution in [3.8, 4) is 5.69 Å². The minimum absolute atomic E-state index is 0.157. The van der Waals surface area contributed by atoms with Gasteiger partial charge in [0.05, 0.1) is 11.4 Å². The van der Waals surface area contributed by atoms with Crippen LogP contribution in [-0.4, -0.2) is 16.1 Å². The lowest BCUT2D eigenvalue weighted by atomic mass is 10.3. The maximum atomic E-state index is 12.9. The van der Waals surface area contributed by atoms with Gasteiger partial charge in [-0.1, -0.05) is 6.07 Å². The van der Waals surface area contributed by atoms with Crippen LogP contribution in [-0.2, 0) is 0 Å². The average Bonchev–Trinajstić information content (AvgIpc) is 2.60. The van der Waals surface area contributed by atoms with Gasteiger partial charge in [0.1, 0.15) is 5.82 Å². The molecule has 0 saturated heterocycles. The summed E-state index contributed by atoms with van der Waals surface area (Å²) in [5.41, 5.74) is 0.111. The van der Waals surface area contributed by atoms with Crippen molar-refractivity contribution in [2.45, 2.75) is 0 Å². The summed E-state index contributed by atoms with van der Waals surface area (Å²) in [5, 5.41) is 2.54. The van der Waals surface area contributed by atoms with E-state index in [0.29, 0.717) is 12.0 Å². The molecule has 0 aliphatic heterocycles. The number of benzene rings is 1. The lowest BCUT2D eigenvalue weighted by Crippen LogP contribution is -2.13. The molecule has 0 radical (unpaired) electrons. The van der Waals surface area contributed by atoms with E-state index in [-0.39, 0.29) is 5.69 Å². The molecule has 0 spiro atoms. The largest absolute Gasteiger partial charge is 0.296 e. The predicted octanol–water partition coefficient (Wildman–Crippen LogP) is 1.12. The van der Waals surface area contributed by atoms with E-state index in [1.54, 1.807) is 6.07 Å². The predicted molar refractivity (Wildman–Crippen MR) is 51.7 cm³/mol. The number of carbonyl (C=O) groups excluding carboxylic acids is 1. The van der Waals surface area contributed by atoms with E-state index in [1.165, 1.54) is 18.2 Å². The van der Waals surface area contributed by atoms with Gasteiger partial charge in [0.25, 0.3) is 5.56 Å². The molecule has 0 aliphatic carbocycles. The van der Waals surface area contributed by atoms with Crippen LogP contribution in [0.3, 0.4) is 0 Å². The molecule has 0 unspecified atom stereocenters. The van der Waals surface area contributed by atoms with Gasteiger partial charge in [-0.25, -0.2) is 9.07 Å². The number of aldehydes is 1. The van der Waals surface area contributed by atoms with Gasteiger partial charge in [-0.3, -0.25) is 14.7 Å². The van der Waals surface area contributed by atoms with Crippen molar-refractivity contribution in [1.29, 1.82) is 0 Å². The zero-order valence-corrected chi connectivity index (χ0v) is 7.61. The van der Waals surface area contributed by atoms with E-state index in [9.17, 15) is 14.0 Å². The molecule has 0 fully saturated rings. The van der Waals surface area contributed by atoms with Crippen molar-refractivity contribution in [1.82, 2.24) is 9.78 Å². The van der Waals surface area contributed by atoms with Crippen LogP contribution in [0.5, 0.6) is 0 Å². The first-order chi connectivity index (χ1) is 7.20. The first-order valence-corrected chi connectivity index (χ1v) is 4.24. The third-order valence-electron chi connectivity index (χ3n) is 1.93. The van der Waals surface area contributed by atoms with E-state index in [4.69, 9.17) is 0 Å². The Hall–Kier alpha value is -2.17. The van der Waals surface area contributed by atoms with Gasteiger partial charge >= 0.3 is 0 Å². The number of hydrogen-bond donors (Lipinski definition) is 1. The van der Waals surface area contributed by atoms with Crippen molar-refractivity contribution >= 4 is 6.29 Å².